The third-order valence-electron chi connectivity index (χ3n) is 4.16. The number of hydrogen-bond acceptors (Lipinski definition) is 4. The van der Waals surface area contributed by atoms with Crippen LogP contribution < -0.4 is 9.64 Å². The Bertz CT molecular complexity index is 846. The lowest BCUT2D eigenvalue weighted by atomic mass is 10.00. The van der Waals surface area contributed by atoms with E-state index >= 15 is 0 Å². The molecule has 0 saturated carbocycles. The molecule has 1 aliphatic rings. The lowest BCUT2D eigenvalue weighted by molar-refractivity contribution is 0.0597. The van der Waals surface area contributed by atoms with Gasteiger partial charge in [0.2, 0.25) is 0 Å². The Balaban J connectivity index is 1.98. The summed E-state index contributed by atoms with van der Waals surface area (Å²) in [4.78, 5) is 13.9. The van der Waals surface area contributed by atoms with E-state index in [1.807, 2.05) is 19.1 Å². The molecule has 4 heteroatoms. The van der Waals surface area contributed by atoms with Gasteiger partial charge in [-0.3, -0.25) is 0 Å². The van der Waals surface area contributed by atoms with E-state index in [9.17, 15) is 4.79 Å². The van der Waals surface area contributed by atoms with Crippen LogP contribution in [0.4, 0.5) is 5.69 Å². The van der Waals surface area contributed by atoms with E-state index in [-0.39, 0.29) is 0 Å². The van der Waals surface area contributed by atoms with E-state index in [1.54, 1.807) is 13.2 Å². The number of benzene rings is 2. The van der Waals surface area contributed by atoms with Gasteiger partial charge in [0.15, 0.2) is 0 Å². The van der Waals surface area contributed by atoms with Gasteiger partial charge in [-0.15, -0.1) is 0 Å². The molecule has 0 N–H and O–H groups in total. The number of hydrogen-bond donors (Lipinski definition) is 0. The number of carbonyl (C=O) groups excluding carboxylic acids is 1. The minimum atomic E-state index is -0.402. The molecule has 0 spiro atoms. The van der Waals surface area contributed by atoms with Gasteiger partial charge in [0.05, 0.1) is 19.9 Å². The molecule has 0 bridgehead atoms. The lowest BCUT2D eigenvalue weighted by Crippen LogP contribution is -2.12. The third kappa shape index (κ3) is 2.81. The van der Waals surface area contributed by atoms with Gasteiger partial charge in [-0.05, 0) is 54.3 Å². The van der Waals surface area contributed by atoms with Gasteiger partial charge in [0, 0.05) is 12.6 Å². The molecular formula is C20H19NO3. The number of ether oxygens (including phenoxy) is 2. The quantitative estimate of drug-likeness (QED) is 0.641. The van der Waals surface area contributed by atoms with Crippen LogP contribution in [0.25, 0.3) is 11.1 Å². The van der Waals surface area contributed by atoms with E-state index in [4.69, 9.17) is 9.47 Å². The van der Waals surface area contributed by atoms with Crippen molar-refractivity contribution in [2.45, 2.75) is 13.3 Å². The summed E-state index contributed by atoms with van der Waals surface area (Å²) >= 11 is 0. The summed E-state index contributed by atoms with van der Waals surface area (Å²) in [7, 11) is 2.91. The fraction of sp³-hybridized carbons (Fsp3) is 0.250. The molecule has 1 heterocycles. The van der Waals surface area contributed by atoms with Crippen LogP contribution in [0.1, 0.15) is 22.8 Å². The Morgan fingerprint density at radius 2 is 1.88 bits per heavy atom. The van der Waals surface area contributed by atoms with Crippen LogP contribution in [-0.2, 0) is 11.2 Å². The summed E-state index contributed by atoms with van der Waals surface area (Å²) < 4.78 is 10.1. The number of rotatable bonds is 3. The van der Waals surface area contributed by atoms with Gasteiger partial charge in [-0.25, -0.2) is 4.79 Å². The standard InChI is InChI=1S/C20H19NO3/c1-4-10-21-11-9-16-12-14(6-8-18(16)21)15-5-7-17(20(22)24-3)19(13-15)23-2/h5-8,12-13H,9,11H2,1-3H3. The fourth-order valence-electron chi connectivity index (χ4n) is 2.98. The van der Waals surface area contributed by atoms with Crippen molar-refractivity contribution in [2.75, 3.05) is 25.7 Å². The molecule has 0 fully saturated rings. The van der Waals surface area contributed by atoms with Crippen LogP contribution in [-0.4, -0.2) is 26.7 Å². The zero-order valence-corrected chi connectivity index (χ0v) is 14.1. The second kappa shape index (κ2) is 6.67. The summed E-state index contributed by atoms with van der Waals surface area (Å²) in [6.07, 6.45) is 0.981. The van der Waals surface area contributed by atoms with Gasteiger partial charge in [-0.1, -0.05) is 18.1 Å². The fourth-order valence-corrected chi connectivity index (χ4v) is 2.98. The maximum Gasteiger partial charge on any atom is 0.341 e. The maximum absolute atomic E-state index is 11.8. The average molecular weight is 321 g/mol. The summed E-state index contributed by atoms with van der Waals surface area (Å²) in [6.45, 7) is 2.77. The molecule has 0 atom stereocenters. The second-order valence-corrected chi connectivity index (χ2v) is 5.51. The van der Waals surface area contributed by atoms with Gasteiger partial charge in [0.25, 0.3) is 0 Å². The Labute approximate surface area is 142 Å². The van der Waals surface area contributed by atoms with Gasteiger partial charge in [0.1, 0.15) is 11.3 Å². The van der Waals surface area contributed by atoms with Gasteiger partial charge < -0.3 is 14.4 Å². The van der Waals surface area contributed by atoms with Crippen LogP contribution in [0, 0.1) is 12.0 Å². The Morgan fingerprint density at radius 3 is 2.58 bits per heavy atom. The van der Waals surface area contributed by atoms with Gasteiger partial charge in [-0.2, -0.15) is 0 Å². The molecule has 1 aliphatic heterocycles. The van der Waals surface area contributed by atoms with E-state index in [0.29, 0.717) is 11.3 Å². The SMILES string of the molecule is CC#CN1CCc2cc(-c3ccc(C(=O)OC)c(OC)c3)ccc21. The van der Waals surface area contributed by atoms with Crippen molar-refractivity contribution in [1.29, 1.82) is 0 Å². The highest BCUT2D eigenvalue weighted by Crippen LogP contribution is 2.34. The highest BCUT2D eigenvalue weighted by molar-refractivity contribution is 5.93. The Morgan fingerprint density at radius 1 is 1.12 bits per heavy atom. The number of methoxy groups -OCH3 is 2. The van der Waals surface area contributed by atoms with Crippen molar-refractivity contribution in [3.05, 3.63) is 47.5 Å². The molecule has 0 saturated heterocycles. The Kier molecular flexibility index (Phi) is 4.43. The highest BCUT2D eigenvalue weighted by Gasteiger charge is 2.19. The summed E-state index contributed by atoms with van der Waals surface area (Å²) in [5, 5.41) is 0. The van der Waals surface area contributed by atoms with Crippen LogP contribution in [0.15, 0.2) is 36.4 Å². The second-order valence-electron chi connectivity index (χ2n) is 5.51. The molecule has 24 heavy (non-hydrogen) atoms. The molecule has 0 aromatic heterocycles. The number of fused-ring (bicyclic) bond motifs is 1. The summed E-state index contributed by atoms with van der Waals surface area (Å²) in [5.74, 6) is 3.06. The molecule has 4 nitrogen and oxygen atoms in total. The highest BCUT2D eigenvalue weighted by atomic mass is 16.5. The van der Waals surface area contributed by atoms with Gasteiger partial charge >= 0.3 is 5.97 Å². The molecule has 2 aromatic rings. The molecule has 3 rings (SSSR count). The topological polar surface area (TPSA) is 38.8 Å². The average Bonchev–Trinajstić information content (AvgIpc) is 3.03. The number of esters is 1. The van der Waals surface area contributed by atoms with Crippen LogP contribution in [0.5, 0.6) is 5.75 Å². The van der Waals surface area contributed by atoms with Crippen molar-refractivity contribution in [3.8, 4) is 28.8 Å². The lowest BCUT2D eigenvalue weighted by Gasteiger charge is -2.12. The monoisotopic (exact) mass is 321 g/mol. The molecule has 0 unspecified atom stereocenters. The minimum absolute atomic E-state index is 0.402. The number of anilines is 1. The first kappa shape index (κ1) is 15.9. The summed E-state index contributed by atoms with van der Waals surface area (Å²) in [6, 6.07) is 15.0. The smallest absolute Gasteiger partial charge is 0.341 e. The first-order chi connectivity index (χ1) is 11.7. The van der Waals surface area contributed by atoms with E-state index in [0.717, 1.165) is 24.1 Å². The van der Waals surface area contributed by atoms with Crippen molar-refractivity contribution in [1.82, 2.24) is 0 Å². The third-order valence-corrected chi connectivity index (χ3v) is 4.16. The van der Waals surface area contributed by atoms with E-state index in [1.165, 1.54) is 18.4 Å². The molecule has 0 aliphatic carbocycles. The summed E-state index contributed by atoms with van der Waals surface area (Å²) in [5.41, 5.74) is 4.98. The first-order valence-electron chi connectivity index (χ1n) is 7.77. The molecular weight excluding hydrogens is 302 g/mol. The van der Waals surface area contributed by atoms with Crippen molar-refractivity contribution >= 4 is 11.7 Å². The maximum atomic E-state index is 11.8. The largest absolute Gasteiger partial charge is 0.496 e. The zero-order chi connectivity index (χ0) is 17.1. The minimum Gasteiger partial charge on any atom is -0.496 e. The number of carbonyl (C=O) groups is 1. The number of nitrogens with zero attached hydrogens (tertiary/aromatic N) is 1. The predicted molar refractivity (Wildman–Crippen MR) is 94.3 cm³/mol. The molecule has 0 amide bonds. The zero-order valence-electron chi connectivity index (χ0n) is 14.1. The van der Waals surface area contributed by atoms with Crippen molar-refractivity contribution < 1.29 is 14.3 Å². The van der Waals surface area contributed by atoms with Crippen molar-refractivity contribution in [2.24, 2.45) is 0 Å². The van der Waals surface area contributed by atoms with Crippen LogP contribution >= 0.6 is 0 Å². The normalized spacial score (nSPS) is 12.2. The molecule has 0 radical (unpaired) electrons. The van der Waals surface area contributed by atoms with Crippen LogP contribution in [0.3, 0.4) is 0 Å². The molecule has 122 valence electrons. The molecule has 2 aromatic carbocycles. The first-order valence-corrected chi connectivity index (χ1v) is 7.77. The van der Waals surface area contributed by atoms with Crippen LogP contribution in [0.2, 0.25) is 0 Å². The van der Waals surface area contributed by atoms with E-state index < -0.39 is 5.97 Å². The predicted octanol–water partition coefficient (Wildman–Crippen LogP) is 3.49. The van der Waals surface area contributed by atoms with Crippen molar-refractivity contribution in [3.63, 3.8) is 0 Å². The Hall–Kier alpha value is -2.93. The van der Waals surface area contributed by atoms with E-state index in [2.05, 4.69) is 35.1 Å².